The first kappa shape index (κ1) is 18.0. The SMILES string of the molecule is CCc1cccc(C)c1NC(=O)c1ccc(NS(=O)(=O)CC)cc1. The molecule has 0 aliphatic rings. The fraction of sp³-hybridized carbons (Fsp3) is 0.278. The van der Waals surface area contributed by atoms with E-state index in [0.29, 0.717) is 11.3 Å². The summed E-state index contributed by atoms with van der Waals surface area (Å²) >= 11 is 0. The Hall–Kier alpha value is -2.34. The van der Waals surface area contributed by atoms with E-state index >= 15 is 0 Å². The van der Waals surface area contributed by atoms with Gasteiger partial charge in [-0.3, -0.25) is 9.52 Å². The number of hydrogen-bond donors (Lipinski definition) is 2. The van der Waals surface area contributed by atoms with Gasteiger partial charge in [-0.05, 0) is 55.7 Å². The van der Waals surface area contributed by atoms with Crippen LogP contribution < -0.4 is 10.0 Å². The van der Waals surface area contributed by atoms with Crippen LogP contribution in [0.15, 0.2) is 42.5 Å². The number of para-hydroxylation sites is 1. The molecule has 0 atom stereocenters. The maximum Gasteiger partial charge on any atom is 0.255 e. The molecule has 0 aromatic heterocycles. The second-order valence-corrected chi connectivity index (χ2v) is 7.51. The summed E-state index contributed by atoms with van der Waals surface area (Å²) in [5.41, 5.74) is 3.84. The Morgan fingerprint density at radius 1 is 1.04 bits per heavy atom. The lowest BCUT2D eigenvalue weighted by molar-refractivity contribution is 0.102. The normalized spacial score (nSPS) is 11.1. The lowest BCUT2D eigenvalue weighted by Gasteiger charge is -2.13. The number of carbonyl (C=O) groups excluding carboxylic acids is 1. The second kappa shape index (κ2) is 7.49. The van der Waals surface area contributed by atoms with Crippen molar-refractivity contribution < 1.29 is 13.2 Å². The van der Waals surface area contributed by atoms with Gasteiger partial charge in [-0.1, -0.05) is 25.1 Å². The molecule has 128 valence electrons. The van der Waals surface area contributed by atoms with Crippen LogP contribution in [0, 0.1) is 6.92 Å². The first-order chi connectivity index (χ1) is 11.4. The Morgan fingerprint density at radius 3 is 2.29 bits per heavy atom. The topological polar surface area (TPSA) is 75.3 Å². The maximum atomic E-state index is 12.4. The molecular formula is C18H22N2O3S. The maximum absolute atomic E-state index is 12.4. The summed E-state index contributed by atoms with van der Waals surface area (Å²) in [6.07, 6.45) is 0.828. The minimum Gasteiger partial charge on any atom is -0.321 e. The van der Waals surface area contributed by atoms with Crippen LogP contribution in [0.3, 0.4) is 0 Å². The molecule has 0 aliphatic heterocycles. The summed E-state index contributed by atoms with van der Waals surface area (Å²) < 4.78 is 25.5. The minimum atomic E-state index is -3.32. The van der Waals surface area contributed by atoms with Crippen molar-refractivity contribution >= 4 is 27.3 Å². The molecule has 6 heteroatoms. The quantitative estimate of drug-likeness (QED) is 0.839. The van der Waals surface area contributed by atoms with Crippen LogP contribution in [0.2, 0.25) is 0 Å². The van der Waals surface area contributed by atoms with Crippen molar-refractivity contribution in [2.75, 3.05) is 15.8 Å². The number of carbonyl (C=O) groups is 1. The Kier molecular flexibility index (Phi) is 5.62. The van der Waals surface area contributed by atoms with Crippen LogP contribution in [0.5, 0.6) is 0 Å². The van der Waals surface area contributed by atoms with Crippen LogP contribution in [-0.2, 0) is 16.4 Å². The highest BCUT2D eigenvalue weighted by Crippen LogP contribution is 2.22. The number of amides is 1. The predicted octanol–water partition coefficient (Wildman–Crippen LogP) is 3.57. The molecule has 1 amide bonds. The standard InChI is InChI=1S/C18H22N2O3S/c1-4-14-8-6-7-13(3)17(14)19-18(21)15-9-11-16(12-10-15)20-24(22,23)5-2/h6-12,20H,4-5H2,1-3H3,(H,19,21). The Balaban J connectivity index is 2.17. The van der Waals surface area contributed by atoms with E-state index in [1.807, 2.05) is 32.0 Å². The zero-order valence-corrected chi connectivity index (χ0v) is 14.9. The van der Waals surface area contributed by atoms with Crippen molar-refractivity contribution in [1.29, 1.82) is 0 Å². The van der Waals surface area contributed by atoms with Crippen LogP contribution in [0.25, 0.3) is 0 Å². The Labute approximate surface area is 143 Å². The third kappa shape index (κ3) is 4.35. The zero-order valence-electron chi connectivity index (χ0n) is 14.1. The average Bonchev–Trinajstić information content (AvgIpc) is 2.57. The number of sulfonamides is 1. The molecular weight excluding hydrogens is 324 g/mol. The molecule has 0 spiro atoms. The summed E-state index contributed by atoms with van der Waals surface area (Å²) in [6, 6.07) is 12.3. The third-order valence-electron chi connectivity index (χ3n) is 3.78. The highest BCUT2D eigenvalue weighted by atomic mass is 32.2. The van der Waals surface area contributed by atoms with Crippen molar-refractivity contribution in [3.05, 3.63) is 59.2 Å². The highest BCUT2D eigenvalue weighted by Gasteiger charge is 2.12. The average molecular weight is 346 g/mol. The second-order valence-electron chi connectivity index (χ2n) is 5.50. The Morgan fingerprint density at radius 2 is 1.71 bits per heavy atom. The Bertz CT molecular complexity index is 828. The number of rotatable bonds is 6. The summed E-state index contributed by atoms with van der Waals surface area (Å²) in [7, 11) is -3.32. The van der Waals surface area contributed by atoms with Crippen LogP contribution in [-0.4, -0.2) is 20.1 Å². The van der Waals surface area contributed by atoms with Crippen LogP contribution in [0.4, 0.5) is 11.4 Å². The molecule has 2 N–H and O–H groups in total. The van der Waals surface area contributed by atoms with Crippen molar-refractivity contribution in [1.82, 2.24) is 0 Å². The van der Waals surface area contributed by atoms with E-state index < -0.39 is 10.0 Å². The van der Waals surface area contributed by atoms with Gasteiger partial charge in [0.1, 0.15) is 0 Å². The molecule has 0 fully saturated rings. The van der Waals surface area contributed by atoms with Crippen molar-refractivity contribution in [2.45, 2.75) is 27.2 Å². The zero-order chi connectivity index (χ0) is 17.7. The molecule has 0 unspecified atom stereocenters. The molecule has 5 nitrogen and oxygen atoms in total. The van der Waals surface area contributed by atoms with Crippen molar-refractivity contribution in [2.24, 2.45) is 0 Å². The summed E-state index contributed by atoms with van der Waals surface area (Å²) in [4.78, 5) is 12.4. The van der Waals surface area contributed by atoms with E-state index in [4.69, 9.17) is 0 Å². The molecule has 0 radical (unpaired) electrons. The van der Waals surface area contributed by atoms with E-state index in [9.17, 15) is 13.2 Å². The smallest absolute Gasteiger partial charge is 0.255 e. The molecule has 0 saturated carbocycles. The van der Waals surface area contributed by atoms with Gasteiger partial charge in [-0.15, -0.1) is 0 Å². The molecule has 0 saturated heterocycles. The van der Waals surface area contributed by atoms with E-state index in [1.165, 1.54) is 0 Å². The molecule has 2 rings (SSSR count). The first-order valence-corrected chi connectivity index (χ1v) is 9.52. The van der Waals surface area contributed by atoms with Gasteiger partial charge in [-0.25, -0.2) is 8.42 Å². The summed E-state index contributed by atoms with van der Waals surface area (Å²) in [5.74, 6) is -0.216. The van der Waals surface area contributed by atoms with Gasteiger partial charge >= 0.3 is 0 Å². The molecule has 24 heavy (non-hydrogen) atoms. The summed E-state index contributed by atoms with van der Waals surface area (Å²) in [6.45, 7) is 5.56. The number of hydrogen-bond acceptors (Lipinski definition) is 3. The number of aryl methyl sites for hydroxylation is 2. The van der Waals surface area contributed by atoms with Gasteiger partial charge in [0.25, 0.3) is 5.91 Å². The van der Waals surface area contributed by atoms with Crippen molar-refractivity contribution in [3.63, 3.8) is 0 Å². The highest BCUT2D eigenvalue weighted by molar-refractivity contribution is 7.92. The largest absolute Gasteiger partial charge is 0.321 e. The third-order valence-corrected chi connectivity index (χ3v) is 5.09. The minimum absolute atomic E-state index is 0.00230. The van der Waals surface area contributed by atoms with Gasteiger partial charge in [0.05, 0.1) is 5.75 Å². The first-order valence-electron chi connectivity index (χ1n) is 7.86. The van der Waals surface area contributed by atoms with Gasteiger partial charge in [-0.2, -0.15) is 0 Å². The number of nitrogens with one attached hydrogen (secondary N) is 2. The van der Waals surface area contributed by atoms with Crippen LogP contribution in [0.1, 0.15) is 35.3 Å². The molecule has 0 heterocycles. The monoisotopic (exact) mass is 346 g/mol. The molecule has 0 bridgehead atoms. The van der Waals surface area contributed by atoms with Gasteiger partial charge in [0, 0.05) is 16.9 Å². The van der Waals surface area contributed by atoms with E-state index in [0.717, 1.165) is 23.2 Å². The fourth-order valence-electron chi connectivity index (χ4n) is 2.33. The number of anilines is 2. The van der Waals surface area contributed by atoms with Gasteiger partial charge in [0.15, 0.2) is 0 Å². The molecule has 0 aliphatic carbocycles. The lowest BCUT2D eigenvalue weighted by atomic mass is 10.1. The molecule has 2 aromatic carbocycles. The van der Waals surface area contributed by atoms with E-state index in [-0.39, 0.29) is 11.7 Å². The van der Waals surface area contributed by atoms with Gasteiger partial charge in [0.2, 0.25) is 10.0 Å². The molecule has 2 aromatic rings. The summed E-state index contributed by atoms with van der Waals surface area (Å²) in [5, 5.41) is 2.95. The van der Waals surface area contributed by atoms with E-state index in [2.05, 4.69) is 10.0 Å². The lowest BCUT2D eigenvalue weighted by Crippen LogP contribution is -2.16. The van der Waals surface area contributed by atoms with Crippen LogP contribution >= 0.6 is 0 Å². The fourth-order valence-corrected chi connectivity index (χ4v) is 2.97. The van der Waals surface area contributed by atoms with Crippen molar-refractivity contribution in [3.8, 4) is 0 Å². The predicted molar refractivity (Wildman–Crippen MR) is 98.0 cm³/mol. The van der Waals surface area contributed by atoms with E-state index in [1.54, 1.807) is 31.2 Å². The number of benzene rings is 2. The van der Waals surface area contributed by atoms with Gasteiger partial charge < -0.3 is 5.32 Å².